The Balaban J connectivity index is 2.16. The zero-order valence-electron chi connectivity index (χ0n) is 14.1. The van der Waals surface area contributed by atoms with Gasteiger partial charge in [-0.3, -0.25) is 0 Å². The number of benzene rings is 2. The van der Waals surface area contributed by atoms with Crippen molar-refractivity contribution in [3.63, 3.8) is 0 Å². The molecular formula is C20H18N2O3. The molecule has 3 rings (SSSR count). The highest BCUT2D eigenvalue weighted by molar-refractivity contribution is 5.59. The van der Waals surface area contributed by atoms with Gasteiger partial charge < -0.3 is 14.6 Å². The molecule has 0 aliphatic carbocycles. The van der Waals surface area contributed by atoms with Crippen LogP contribution in [0, 0.1) is 18.3 Å². The summed E-state index contributed by atoms with van der Waals surface area (Å²) >= 11 is 0. The Labute approximate surface area is 146 Å². The van der Waals surface area contributed by atoms with Crippen molar-refractivity contribution in [3.8, 4) is 17.6 Å². The summed E-state index contributed by atoms with van der Waals surface area (Å²) < 4.78 is 10.9. The van der Waals surface area contributed by atoms with Crippen LogP contribution in [0.25, 0.3) is 0 Å². The van der Waals surface area contributed by atoms with E-state index in [4.69, 9.17) is 9.47 Å². The highest BCUT2D eigenvalue weighted by Gasteiger charge is 2.31. The standard InChI is InChI=1S/C20H18N2O3/c1-3-24-12-22-20-17(11-21)19(14-6-4-13(2)5-7-14)16-9-8-15(23)10-18(16)25-20/h4-10,12,19,23H,3H2,1-2H3/b22-12+. The molecule has 0 spiro atoms. The minimum absolute atomic E-state index is 0.0925. The van der Waals surface area contributed by atoms with E-state index in [-0.39, 0.29) is 17.6 Å². The molecule has 1 atom stereocenters. The molecule has 25 heavy (non-hydrogen) atoms. The lowest BCUT2D eigenvalue weighted by atomic mass is 9.83. The molecule has 5 nitrogen and oxygen atoms in total. The molecule has 1 unspecified atom stereocenters. The molecule has 0 bridgehead atoms. The maximum absolute atomic E-state index is 9.78. The largest absolute Gasteiger partial charge is 0.508 e. The number of phenolic OH excluding ortho intramolecular Hbond substituents is 1. The van der Waals surface area contributed by atoms with Gasteiger partial charge in [0.2, 0.25) is 5.88 Å². The maximum atomic E-state index is 9.78. The van der Waals surface area contributed by atoms with Gasteiger partial charge >= 0.3 is 0 Å². The van der Waals surface area contributed by atoms with Gasteiger partial charge in [0.05, 0.1) is 12.5 Å². The molecule has 1 heterocycles. The number of phenols is 1. The summed E-state index contributed by atoms with van der Waals surface area (Å²) in [7, 11) is 0. The molecule has 0 saturated carbocycles. The lowest BCUT2D eigenvalue weighted by Crippen LogP contribution is -2.15. The van der Waals surface area contributed by atoms with Crippen LogP contribution < -0.4 is 4.74 Å². The number of aliphatic imine (C=N–C) groups is 1. The van der Waals surface area contributed by atoms with Crippen molar-refractivity contribution in [2.45, 2.75) is 19.8 Å². The van der Waals surface area contributed by atoms with E-state index in [1.165, 1.54) is 12.5 Å². The number of aromatic hydroxyl groups is 1. The van der Waals surface area contributed by atoms with Gasteiger partial charge in [-0.1, -0.05) is 35.9 Å². The van der Waals surface area contributed by atoms with Crippen LogP contribution in [0.1, 0.15) is 29.5 Å². The van der Waals surface area contributed by atoms with Crippen molar-refractivity contribution < 1.29 is 14.6 Å². The predicted octanol–water partition coefficient (Wildman–Crippen LogP) is 4.02. The van der Waals surface area contributed by atoms with Crippen LogP contribution in [0.2, 0.25) is 0 Å². The summed E-state index contributed by atoms with van der Waals surface area (Å²) in [5, 5.41) is 19.5. The van der Waals surface area contributed by atoms with Gasteiger partial charge in [0, 0.05) is 11.6 Å². The van der Waals surface area contributed by atoms with E-state index in [1.54, 1.807) is 12.1 Å². The van der Waals surface area contributed by atoms with Crippen LogP contribution in [-0.4, -0.2) is 18.1 Å². The molecule has 2 aromatic rings. The SMILES string of the molecule is CCO/C=N/C1=C(C#N)C(c2ccc(C)cc2)c2ccc(O)cc2O1. The highest BCUT2D eigenvalue weighted by atomic mass is 16.5. The normalized spacial score (nSPS) is 16.3. The molecule has 0 amide bonds. The molecule has 1 aliphatic heterocycles. The second kappa shape index (κ2) is 7.10. The van der Waals surface area contributed by atoms with Crippen molar-refractivity contribution in [1.82, 2.24) is 0 Å². The van der Waals surface area contributed by atoms with Crippen molar-refractivity contribution in [1.29, 1.82) is 5.26 Å². The number of aryl methyl sites for hydroxylation is 1. The Kier molecular flexibility index (Phi) is 4.71. The first-order chi connectivity index (χ1) is 12.1. The average molecular weight is 334 g/mol. The Morgan fingerprint density at radius 3 is 2.72 bits per heavy atom. The van der Waals surface area contributed by atoms with Gasteiger partial charge in [-0.2, -0.15) is 10.3 Å². The van der Waals surface area contributed by atoms with Gasteiger partial charge in [-0.25, -0.2) is 0 Å². The molecule has 0 fully saturated rings. The summed E-state index contributed by atoms with van der Waals surface area (Å²) in [5.74, 6) is 0.437. The Hall–Kier alpha value is -3.26. The van der Waals surface area contributed by atoms with Crippen LogP contribution >= 0.6 is 0 Å². The van der Waals surface area contributed by atoms with Crippen molar-refractivity contribution in [3.05, 3.63) is 70.6 Å². The van der Waals surface area contributed by atoms with Gasteiger partial charge in [-0.05, 0) is 25.5 Å². The van der Waals surface area contributed by atoms with E-state index in [0.717, 1.165) is 16.7 Å². The first-order valence-corrected chi connectivity index (χ1v) is 7.99. The second-order valence-electron chi connectivity index (χ2n) is 5.69. The number of nitrogens with zero attached hydrogens (tertiary/aromatic N) is 2. The lowest BCUT2D eigenvalue weighted by Gasteiger charge is -2.26. The molecule has 0 radical (unpaired) electrons. The summed E-state index contributed by atoms with van der Waals surface area (Å²) in [6.07, 6.45) is 1.27. The van der Waals surface area contributed by atoms with Crippen molar-refractivity contribution in [2.75, 3.05) is 6.61 Å². The Bertz CT molecular complexity index is 877. The molecule has 1 N–H and O–H groups in total. The lowest BCUT2D eigenvalue weighted by molar-refractivity contribution is 0.335. The Morgan fingerprint density at radius 1 is 1.28 bits per heavy atom. The van der Waals surface area contributed by atoms with Crippen LogP contribution in [0.3, 0.4) is 0 Å². The summed E-state index contributed by atoms with van der Waals surface area (Å²) in [5.41, 5.74) is 3.31. The molecule has 126 valence electrons. The van der Waals surface area contributed by atoms with Crippen LogP contribution in [0.5, 0.6) is 11.5 Å². The average Bonchev–Trinajstić information content (AvgIpc) is 2.61. The summed E-state index contributed by atoms with van der Waals surface area (Å²) in [6, 6.07) is 15.1. The second-order valence-corrected chi connectivity index (χ2v) is 5.69. The molecule has 0 saturated heterocycles. The third-order valence-electron chi connectivity index (χ3n) is 3.98. The minimum atomic E-state index is -0.316. The van der Waals surface area contributed by atoms with Crippen molar-refractivity contribution >= 4 is 6.40 Å². The zero-order chi connectivity index (χ0) is 17.8. The van der Waals surface area contributed by atoms with Crippen molar-refractivity contribution in [2.24, 2.45) is 4.99 Å². The fourth-order valence-corrected chi connectivity index (χ4v) is 2.76. The number of rotatable bonds is 4. The smallest absolute Gasteiger partial charge is 0.236 e. The fraction of sp³-hybridized carbons (Fsp3) is 0.200. The monoisotopic (exact) mass is 334 g/mol. The number of hydrogen-bond acceptors (Lipinski definition) is 5. The van der Waals surface area contributed by atoms with E-state index >= 15 is 0 Å². The van der Waals surface area contributed by atoms with Crippen LogP contribution in [0.15, 0.2) is 58.9 Å². The van der Waals surface area contributed by atoms with Gasteiger partial charge in [-0.15, -0.1) is 0 Å². The number of allylic oxidation sites excluding steroid dienone is 1. The predicted molar refractivity (Wildman–Crippen MR) is 94.5 cm³/mol. The fourth-order valence-electron chi connectivity index (χ4n) is 2.76. The third kappa shape index (κ3) is 3.33. The first-order valence-electron chi connectivity index (χ1n) is 7.99. The van der Waals surface area contributed by atoms with Crippen LogP contribution in [-0.2, 0) is 4.74 Å². The topological polar surface area (TPSA) is 74.8 Å². The van der Waals surface area contributed by atoms with Gasteiger partial charge in [0.15, 0.2) is 6.40 Å². The maximum Gasteiger partial charge on any atom is 0.236 e. The number of hydrogen-bond donors (Lipinski definition) is 1. The quantitative estimate of drug-likeness (QED) is 0.677. The summed E-state index contributed by atoms with van der Waals surface area (Å²) in [4.78, 5) is 4.15. The molecule has 5 heteroatoms. The van der Waals surface area contributed by atoms with Crippen LogP contribution in [0.4, 0.5) is 0 Å². The molecule has 1 aliphatic rings. The number of nitriles is 1. The van der Waals surface area contributed by atoms with E-state index in [0.29, 0.717) is 17.9 Å². The summed E-state index contributed by atoms with van der Waals surface area (Å²) in [6.45, 7) is 4.33. The molecular weight excluding hydrogens is 316 g/mol. The third-order valence-corrected chi connectivity index (χ3v) is 3.98. The van der Waals surface area contributed by atoms with E-state index in [2.05, 4.69) is 11.1 Å². The molecule has 2 aromatic carbocycles. The van der Waals surface area contributed by atoms with E-state index in [1.807, 2.05) is 38.1 Å². The van der Waals surface area contributed by atoms with Gasteiger partial charge in [0.25, 0.3) is 0 Å². The Morgan fingerprint density at radius 2 is 2.04 bits per heavy atom. The number of fused-ring (bicyclic) bond motifs is 1. The minimum Gasteiger partial charge on any atom is -0.508 e. The first kappa shape index (κ1) is 16.6. The molecule has 0 aromatic heterocycles. The number of ether oxygens (including phenoxy) is 2. The highest BCUT2D eigenvalue weighted by Crippen LogP contribution is 2.44. The zero-order valence-corrected chi connectivity index (χ0v) is 14.1. The van der Waals surface area contributed by atoms with Gasteiger partial charge in [0.1, 0.15) is 23.1 Å². The van der Waals surface area contributed by atoms with E-state index in [9.17, 15) is 10.4 Å². The van der Waals surface area contributed by atoms with E-state index < -0.39 is 0 Å².